The largest absolute Gasteiger partial charge is 0.547 e. The highest BCUT2D eigenvalue weighted by atomic mass is 28.4. The highest BCUT2D eigenvalue weighted by Crippen LogP contribution is 2.59. The average Bonchev–Trinajstić information content (AvgIpc) is 2.86. The SMILES string of the molecule is CCOC(=O)[C@H]1[C@@H]2CC=C(O[Si](C)(C)C(C)(C)C)[C@@H]21. The molecule has 108 valence electrons. The molecule has 0 unspecified atom stereocenters. The summed E-state index contributed by atoms with van der Waals surface area (Å²) >= 11 is 0. The second-order valence-electron chi connectivity index (χ2n) is 7.17. The predicted molar refractivity (Wildman–Crippen MR) is 78.1 cm³/mol. The molecule has 2 aliphatic carbocycles. The molecule has 4 heteroatoms. The zero-order valence-electron chi connectivity index (χ0n) is 12.9. The molecule has 0 radical (unpaired) electrons. The molecule has 1 fully saturated rings. The molecule has 0 aromatic heterocycles. The lowest BCUT2D eigenvalue weighted by Gasteiger charge is -2.37. The number of carbonyl (C=O) groups is 1. The number of hydrogen-bond donors (Lipinski definition) is 0. The molecule has 0 heterocycles. The predicted octanol–water partition coefficient (Wildman–Crippen LogP) is 3.72. The maximum Gasteiger partial charge on any atom is 0.309 e. The Balaban J connectivity index is 2.00. The van der Waals surface area contributed by atoms with Crippen molar-refractivity contribution in [2.75, 3.05) is 6.61 Å². The summed E-state index contributed by atoms with van der Waals surface area (Å²) in [7, 11) is -1.79. The molecule has 0 aromatic carbocycles. The van der Waals surface area contributed by atoms with Gasteiger partial charge in [-0.25, -0.2) is 0 Å². The van der Waals surface area contributed by atoms with E-state index < -0.39 is 8.32 Å². The van der Waals surface area contributed by atoms with Crippen molar-refractivity contribution in [1.82, 2.24) is 0 Å². The lowest BCUT2D eigenvalue weighted by Crippen LogP contribution is -2.40. The summed E-state index contributed by atoms with van der Waals surface area (Å²) in [5.41, 5.74) is 0. The molecule has 0 N–H and O–H groups in total. The molecule has 0 amide bonds. The Labute approximate surface area is 117 Å². The van der Waals surface area contributed by atoms with E-state index in [1.165, 1.54) is 0 Å². The van der Waals surface area contributed by atoms with Crippen LogP contribution in [0.3, 0.4) is 0 Å². The fourth-order valence-electron chi connectivity index (χ4n) is 2.56. The third kappa shape index (κ3) is 2.60. The van der Waals surface area contributed by atoms with Crippen LogP contribution in [0.5, 0.6) is 0 Å². The quantitative estimate of drug-likeness (QED) is 0.582. The first-order valence-electron chi connectivity index (χ1n) is 7.24. The van der Waals surface area contributed by atoms with Crippen LogP contribution in [-0.4, -0.2) is 20.9 Å². The monoisotopic (exact) mass is 282 g/mol. The van der Waals surface area contributed by atoms with E-state index in [0.29, 0.717) is 18.4 Å². The standard InChI is InChI=1S/C15H26O3Si/c1-7-17-14(16)13-10-8-9-11(12(10)13)18-19(5,6)15(2,3)4/h9-10,12-13H,7-8H2,1-6H3/t10-,12-,13+/m1/s1. The lowest BCUT2D eigenvalue weighted by atomic mass is 10.2. The van der Waals surface area contributed by atoms with Crippen molar-refractivity contribution in [3.8, 4) is 0 Å². The number of carbonyl (C=O) groups excluding carboxylic acids is 1. The van der Waals surface area contributed by atoms with Crippen LogP contribution in [0.25, 0.3) is 0 Å². The van der Waals surface area contributed by atoms with Gasteiger partial charge < -0.3 is 9.16 Å². The van der Waals surface area contributed by atoms with Crippen LogP contribution in [0.2, 0.25) is 18.1 Å². The minimum Gasteiger partial charge on any atom is -0.547 e. The first-order chi connectivity index (χ1) is 8.69. The van der Waals surface area contributed by atoms with E-state index in [0.717, 1.165) is 12.2 Å². The molecule has 3 nitrogen and oxygen atoms in total. The number of ether oxygens (including phenoxy) is 1. The molecule has 2 aliphatic rings. The Morgan fingerprint density at radius 1 is 1.42 bits per heavy atom. The van der Waals surface area contributed by atoms with Crippen LogP contribution < -0.4 is 0 Å². The normalized spacial score (nSPS) is 29.6. The van der Waals surface area contributed by atoms with Crippen LogP contribution in [0.1, 0.15) is 34.1 Å². The van der Waals surface area contributed by atoms with Crippen molar-refractivity contribution in [1.29, 1.82) is 0 Å². The van der Waals surface area contributed by atoms with Crippen LogP contribution in [0, 0.1) is 17.8 Å². The van der Waals surface area contributed by atoms with Gasteiger partial charge in [0, 0.05) is 5.92 Å². The summed E-state index contributed by atoms with van der Waals surface area (Å²) in [6.07, 6.45) is 3.16. The highest BCUT2D eigenvalue weighted by Gasteiger charge is 2.61. The van der Waals surface area contributed by atoms with Gasteiger partial charge in [0.25, 0.3) is 0 Å². The fourth-order valence-corrected chi connectivity index (χ4v) is 3.68. The van der Waals surface area contributed by atoms with Gasteiger partial charge in [-0.3, -0.25) is 4.79 Å². The van der Waals surface area contributed by atoms with E-state index in [9.17, 15) is 4.79 Å². The zero-order chi connectivity index (χ0) is 14.4. The van der Waals surface area contributed by atoms with Crippen molar-refractivity contribution >= 4 is 14.3 Å². The summed E-state index contributed by atoms with van der Waals surface area (Å²) in [6, 6.07) is 0. The van der Waals surface area contributed by atoms with E-state index in [4.69, 9.17) is 9.16 Å². The lowest BCUT2D eigenvalue weighted by molar-refractivity contribution is -0.145. The fraction of sp³-hybridized carbons (Fsp3) is 0.800. The Kier molecular flexibility index (Phi) is 3.58. The zero-order valence-corrected chi connectivity index (χ0v) is 13.9. The maximum atomic E-state index is 11.8. The van der Waals surface area contributed by atoms with Crippen molar-refractivity contribution in [2.45, 2.75) is 52.2 Å². The van der Waals surface area contributed by atoms with Gasteiger partial charge in [0.15, 0.2) is 0 Å². The van der Waals surface area contributed by atoms with E-state index in [-0.39, 0.29) is 16.9 Å². The molecule has 3 atom stereocenters. The first-order valence-corrected chi connectivity index (χ1v) is 10.2. The molecule has 0 bridgehead atoms. The van der Waals surface area contributed by atoms with Gasteiger partial charge >= 0.3 is 5.97 Å². The van der Waals surface area contributed by atoms with E-state index in [1.54, 1.807) is 0 Å². The Bertz CT molecular complexity index is 406. The molecule has 0 aromatic rings. The van der Waals surface area contributed by atoms with Gasteiger partial charge in [0.05, 0.1) is 18.3 Å². The highest BCUT2D eigenvalue weighted by molar-refractivity contribution is 6.74. The van der Waals surface area contributed by atoms with Crippen LogP contribution >= 0.6 is 0 Å². The summed E-state index contributed by atoms with van der Waals surface area (Å²) in [4.78, 5) is 11.8. The second kappa shape index (κ2) is 4.65. The molecule has 2 rings (SSSR count). The molecule has 0 spiro atoms. The molecular weight excluding hydrogens is 256 g/mol. The van der Waals surface area contributed by atoms with Gasteiger partial charge in [0.1, 0.15) is 0 Å². The Morgan fingerprint density at radius 3 is 2.58 bits per heavy atom. The summed E-state index contributed by atoms with van der Waals surface area (Å²) < 4.78 is 11.5. The van der Waals surface area contributed by atoms with Crippen LogP contribution in [0.4, 0.5) is 0 Å². The number of esters is 1. The van der Waals surface area contributed by atoms with Crippen molar-refractivity contribution in [3.63, 3.8) is 0 Å². The van der Waals surface area contributed by atoms with E-state index in [1.807, 2.05) is 6.92 Å². The topological polar surface area (TPSA) is 35.5 Å². The minimum absolute atomic E-state index is 0.0399. The minimum atomic E-state index is -1.79. The van der Waals surface area contributed by atoms with Crippen LogP contribution in [0.15, 0.2) is 11.8 Å². The van der Waals surface area contributed by atoms with Gasteiger partial charge in [-0.15, -0.1) is 0 Å². The molecule has 19 heavy (non-hydrogen) atoms. The second-order valence-corrected chi connectivity index (χ2v) is 11.9. The number of rotatable bonds is 4. The number of fused-ring (bicyclic) bond motifs is 1. The Morgan fingerprint density at radius 2 is 2.05 bits per heavy atom. The number of allylic oxidation sites excluding steroid dienone is 2. The smallest absolute Gasteiger partial charge is 0.309 e. The van der Waals surface area contributed by atoms with Crippen molar-refractivity contribution in [2.24, 2.45) is 17.8 Å². The molecular formula is C15H26O3Si. The first kappa shape index (κ1) is 14.6. The van der Waals surface area contributed by atoms with E-state index in [2.05, 4.69) is 39.9 Å². The van der Waals surface area contributed by atoms with Crippen molar-refractivity contribution < 1.29 is 14.0 Å². The molecule has 0 aliphatic heterocycles. The third-order valence-corrected chi connectivity index (χ3v) is 9.18. The maximum absolute atomic E-state index is 11.8. The van der Waals surface area contributed by atoms with Crippen LogP contribution in [-0.2, 0) is 14.0 Å². The summed E-state index contributed by atoms with van der Waals surface area (Å²) in [5.74, 6) is 1.83. The van der Waals surface area contributed by atoms with Gasteiger partial charge in [0.2, 0.25) is 8.32 Å². The Hall–Kier alpha value is -0.773. The summed E-state index contributed by atoms with van der Waals surface area (Å²) in [6.45, 7) is 13.5. The van der Waals surface area contributed by atoms with Crippen molar-refractivity contribution in [3.05, 3.63) is 11.8 Å². The van der Waals surface area contributed by atoms with Gasteiger partial charge in [-0.1, -0.05) is 20.8 Å². The summed E-state index contributed by atoms with van der Waals surface area (Å²) in [5, 5.41) is 0.195. The molecule has 0 saturated heterocycles. The van der Waals surface area contributed by atoms with Gasteiger partial charge in [-0.2, -0.15) is 0 Å². The third-order valence-electron chi connectivity index (χ3n) is 4.83. The van der Waals surface area contributed by atoms with Gasteiger partial charge in [-0.05, 0) is 43.5 Å². The van der Waals surface area contributed by atoms with E-state index >= 15 is 0 Å². The average molecular weight is 282 g/mol. The number of hydrogen-bond acceptors (Lipinski definition) is 3. The molecule has 1 saturated carbocycles.